The topological polar surface area (TPSA) is 51.5 Å². The van der Waals surface area contributed by atoms with Crippen molar-refractivity contribution in [3.63, 3.8) is 0 Å². The van der Waals surface area contributed by atoms with Crippen LogP contribution in [0.15, 0.2) is 12.1 Å². The first kappa shape index (κ1) is 15.1. The molecule has 1 aromatic carbocycles. The lowest BCUT2D eigenvalue weighted by atomic mass is 9.81. The molecule has 0 amide bonds. The van der Waals surface area contributed by atoms with Gasteiger partial charge in [-0.25, -0.2) is 0 Å². The van der Waals surface area contributed by atoms with Crippen LogP contribution in [0.4, 0.5) is 11.4 Å². The van der Waals surface area contributed by atoms with Gasteiger partial charge in [-0.05, 0) is 18.6 Å². The number of benzene rings is 1. The fourth-order valence-electron chi connectivity index (χ4n) is 3.85. The second-order valence-electron chi connectivity index (χ2n) is 6.81. The van der Waals surface area contributed by atoms with Crippen LogP contribution in [0.1, 0.15) is 12.0 Å². The van der Waals surface area contributed by atoms with Crippen molar-refractivity contribution in [3.8, 4) is 6.07 Å². The minimum Gasteiger partial charge on any atom is -0.378 e. The molecule has 4 rings (SSSR count). The predicted octanol–water partition coefficient (Wildman–Crippen LogP) is 1.85. The molecule has 0 radical (unpaired) electrons. The van der Waals surface area contributed by atoms with Crippen LogP contribution in [0.3, 0.4) is 0 Å². The van der Waals surface area contributed by atoms with E-state index < -0.39 is 0 Å². The third kappa shape index (κ3) is 2.65. The average Bonchev–Trinajstić information content (AvgIpc) is 3.01. The number of morpholine rings is 1. The van der Waals surface area contributed by atoms with Crippen molar-refractivity contribution in [2.75, 3.05) is 62.3 Å². The summed E-state index contributed by atoms with van der Waals surface area (Å²) < 4.78 is 5.43. The molecule has 5 nitrogen and oxygen atoms in total. The van der Waals surface area contributed by atoms with Crippen molar-refractivity contribution in [2.24, 2.45) is 5.41 Å². The zero-order chi connectivity index (χ0) is 15.9. The third-order valence-corrected chi connectivity index (χ3v) is 5.62. The number of rotatable bonds is 2. The van der Waals surface area contributed by atoms with Crippen LogP contribution in [-0.4, -0.2) is 52.5 Å². The van der Waals surface area contributed by atoms with Crippen LogP contribution >= 0.6 is 11.6 Å². The van der Waals surface area contributed by atoms with Crippen LogP contribution in [-0.2, 0) is 4.74 Å². The van der Waals surface area contributed by atoms with E-state index in [2.05, 4.69) is 27.3 Å². The van der Waals surface area contributed by atoms with Gasteiger partial charge in [0.05, 0.1) is 29.5 Å². The molecule has 3 aliphatic rings. The summed E-state index contributed by atoms with van der Waals surface area (Å²) in [5.41, 5.74) is 3.09. The van der Waals surface area contributed by atoms with Gasteiger partial charge in [0.1, 0.15) is 6.07 Å². The summed E-state index contributed by atoms with van der Waals surface area (Å²) in [7, 11) is 0. The molecule has 3 fully saturated rings. The van der Waals surface area contributed by atoms with Gasteiger partial charge < -0.3 is 19.9 Å². The molecule has 6 heteroatoms. The highest BCUT2D eigenvalue weighted by atomic mass is 35.5. The second-order valence-corrected chi connectivity index (χ2v) is 7.22. The van der Waals surface area contributed by atoms with Gasteiger partial charge in [0.25, 0.3) is 0 Å². The van der Waals surface area contributed by atoms with Gasteiger partial charge >= 0.3 is 0 Å². The molecule has 23 heavy (non-hydrogen) atoms. The molecule has 0 atom stereocenters. The summed E-state index contributed by atoms with van der Waals surface area (Å²) >= 11 is 6.43. The lowest BCUT2D eigenvalue weighted by molar-refractivity contribution is 0.122. The Balaban J connectivity index is 1.66. The number of ether oxygens (including phenoxy) is 1. The van der Waals surface area contributed by atoms with Crippen LogP contribution < -0.4 is 15.1 Å². The molecule has 3 saturated heterocycles. The summed E-state index contributed by atoms with van der Waals surface area (Å²) in [6.07, 6.45) is 1.18. The van der Waals surface area contributed by atoms with Crippen LogP contribution in [0.25, 0.3) is 0 Å². The Labute approximate surface area is 141 Å². The van der Waals surface area contributed by atoms with E-state index in [1.54, 1.807) is 0 Å². The molecule has 3 heterocycles. The Hall–Kier alpha value is -1.48. The van der Waals surface area contributed by atoms with E-state index in [0.29, 0.717) is 16.0 Å². The van der Waals surface area contributed by atoms with Crippen molar-refractivity contribution < 1.29 is 4.74 Å². The fraction of sp³-hybridized carbons (Fsp3) is 0.588. The number of hydrogen-bond acceptors (Lipinski definition) is 5. The smallest absolute Gasteiger partial charge is 0.103 e. The molecule has 0 aromatic heterocycles. The number of halogens is 1. The van der Waals surface area contributed by atoms with Gasteiger partial charge in [0.2, 0.25) is 0 Å². The third-order valence-electron chi connectivity index (χ3n) is 5.32. The van der Waals surface area contributed by atoms with Crippen molar-refractivity contribution in [1.82, 2.24) is 5.32 Å². The van der Waals surface area contributed by atoms with E-state index in [-0.39, 0.29) is 0 Å². The van der Waals surface area contributed by atoms with Crippen molar-refractivity contribution in [3.05, 3.63) is 22.7 Å². The summed E-state index contributed by atoms with van der Waals surface area (Å²) in [5, 5.41) is 13.5. The molecule has 0 unspecified atom stereocenters. The van der Waals surface area contributed by atoms with Gasteiger partial charge in [-0.15, -0.1) is 0 Å². The van der Waals surface area contributed by atoms with Crippen LogP contribution in [0.2, 0.25) is 5.02 Å². The second kappa shape index (κ2) is 5.86. The first-order chi connectivity index (χ1) is 11.2. The van der Waals surface area contributed by atoms with Gasteiger partial charge in [-0.1, -0.05) is 11.6 Å². The highest BCUT2D eigenvalue weighted by Gasteiger charge is 2.43. The summed E-state index contributed by atoms with van der Waals surface area (Å²) in [6.45, 7) is 7.41. The van der Waals surface area contributed by atoms with E-state index in [1.807, 2.05) is 6.07 Å². The van der Waals surface area contributed by atoms with Crippen molar-refractivity contribution in [2.45, 2.75) is 6.42 Å². The molecule has 0 bridgehead atoms. The molecule has 3 aliphatic heterocycles. The number of hydrogen-bond donors (Lipinski definition) is 1. The molecule has 1 spiro atoms. The van der Waals surface area contributed by atoms with Crippen molar-refractivity contribution in [1.29, 1.82) is 5.26 Å². The van der Waals surface area contributed by atoms with Gasteiger partial charge in [0, 0.05) is 50.4 Å². The zero-order valence-electron chi connectivity index (χ0n) is 13.1. The maximum atomic E-state index is 9.56. The molecule has 0 aliphatic carbocycles. The van der Waals surface area contributed by atoms with Gasteiger partial charge in [-0.2, -0.15) is 5.26 Å². The fourth-order valence-corrected chi connectivity index (χ4v) is 4.10. The lowest BCUT2D eigenvalue weighted by Crippen LogP contribution is -2.54. The molecule has 1 aromatic rings. The summed E-state index contributed by atoms with van der Waals surface area (Å²) in [4.78, 5) is 4.63. The summed E-state index contributed by atoms with van der Waals surface area (Å²) in [6, 6.07) is 6.36. The Morgan fingerprint density at radius 2 is 1.96 bits per heavy atom. The van der Waals surface area contributed by atoms with E-state index in [9.17, 15) is 5.26 Å². The largest absolute Gasteiger partial charge is 0.378 e. The van der Waals surface area contributed by atoms with Gasteiger partial charge in [0.15, 0.2) is 0 Å². The number of nitrogens with one attached hydrogen (secondary N) is 1. The maximum Gasteiger partial charge on any atom is 0.103 e. The minimum absolute atomic E-state index is 0.397. The number of nitriles is 1. The average molecular weight is 333 g/mol. The Morgan fingerprint density at radius 1 is 1.17 bits per heavy atom. The molecule has 1 N–H and O–H groups in total. The Kier molecular flexibility index (Phi) is 3.84. The summed E-state index contributed by atoms with van der Waals surface area (Å²) in [5.74, 6) is 0. The quantitative estimate of drug-likeness (QED) is 0.895. The molecule has 0 saturated carbocycles. The SMILES string of the molecule is N#Cc1c(Cl)cc(N2CCOCC2)cc1N1CCC2(CNC2)C1. The number of anilines is 2. The Bertz CT molecular complexity index is 647. The molecule has 122 valence electrons. The van der Waals surface area contributed by atoms with Gasteiger partial charge in [-0.3, -0.25) is 0 Å². The zero-order valence-corrected chi connectivity index (χ0v) is 13.9. The minimum atomic E-state index is 0.397. The highest BCUT2D eigenvalue weighted by Crippen LogP contribution is 2.40. The molecular formula is C17H21ClN4O. The predicted molar refractivity (Wildman–Crippen MR) is 91.3 cm³/mol. The number of nitrogens with zero attached hydrogens (tertiary/aromatic N) is 3. The first-order valence-corrected chi connectivity index (χ1v) is 8.61. The van der Waals surface area contributed by atoms with E-state index in [4.69, 9.17) is 16.3 Å². The van der Waals surface area contributed by atoms with Crippen molar-refractivity contribution >= 4 is 23.0 Å². The van der Waals surface area contributed by atoms with E-state index >= 15 is 0 Å². The van der Waals surface area contributed by atoms with Crippen LogP contribution in [0.5, 0.6) is 0 Å². The lowest BCUT2D eigenvalue weighted by Gasteiger charge is -2.39. The Morgan fingerprint density at radius 3 is 2.57 bits per heavy atom. The normalized spacial score (nSPS) is 23.0. The maximum absolute atomic E-state index is 9.56. The van der Waals surface area contributed by atoms with E-state index in [0.717, 1.165) is 63.9 Å². The first-order valence-electron chi connectivity index (χ1n) is 8.23. The standard InChI is InChI=1S/C17H21ClN4O/c18-15-7-13(21-3-5-23-6-4-21)8-16(14(15)9-19)22-2-1-17(12-22)10-20-11-17/h7-8,20H,1-6,10-12H2. The van der Waals surface area contributed by atoms with Crippen LogP contribution in [0, 0.1) is 16.7 Å². The monoisotopic (exact) mass is 332 g/mol. The van der Waals surface area contributed by atoms with E-state index in [1.165, 1.54) is 6.42 Å². The molecular weight excluding hydrogens is 312 g/mol. The highest BCUT2D eigenvalue weighted by molar-refractivity contribution is 6.32.